The first-order valence-electron chi connectivity index (χ1n) is 10.6. The van der Waals surface area contributed by atoms with Gasteiger partial charge in [0.1, 0.15) is 5.75 Å². The minimum absolute atomic E-state index is 0.612. The summed E-state index contributed by atoms with van der Waals surface area (Å²) in [6, 6.07) is 12.3. The maximum atomic E-state index is 5.58. The molecule has 0 N–H and O–H groups in total. The van der Waals surface area contributed by atoms with Crippen LogP contribution in [0.4, 0.5) is 0 Å². The number of rotatable bonds is 8. The van der Waals surface area contributed by atoms with Crippen molar-refractivity contribution < 1.29 is 18.7 Å². The Labute approximate surface area is 177 Å². The van der Waals surface area contributed by atoms with Gasteiger partial charge in [-0.05, 0) is 74.5 Å². The van der Waals surface area contributed by atoms with Crippen LogP contribution in [0.5, 0.6) is 17.2 Å². The second-order valence-electron chi connectivity index (χ2n) is 7.91. The number of aromatic nitrogens is 1. The van der Waals surface area contributed by atoms with Crippen LogP contribution in [0.3, 0.4) is 0 Å². The molecule has 0 atom stereocenters. The molecule has 0 bridgehead atoms. The number of likely N-dealkylation sites (tertiary alicyclic amines) is 1. The molecule has 1 aromatic heterocycles. The van der Waals surface area contributed by atoms with Gasteiger partial charge in [-0.25, -0.2) is 0 Å². The first-order valence-corrected chi connectivity index (χ1v) is 10.6. The summed E-state index contributed by atoms with van der Waals surface area (Å²) in [7, 11) is 4.95. The van der Waals surface area contributed by atoms with Crippen molar-refractivity contribution in [2.24, 2.45) is 5.92 Å². The van der Waals surface area contributed by atoms with Gasteiger partial charge < -0.3 is 18.7 Å². The van der Waals surface area contributed by atoms with E-state index in [0.29, 0.717) is 17.1 Å². The number of hydrogen-bond acceptors (Lipinski definition) is 6. The minimum atomic E-state index is 0.612. The summed E-state index contributed by atoms with van der Waals surface area (Å²) in [5, 5.41) is 5.34. The molecular formula is C24H30N2O4. The molecule has 0 radical (unpaired) electrons. The lowest BCUT2D eigenvalue weighted by atomic mass is 9.91. The summed E-state index contributed by atoms with van der Waals surface area (Å²) in [6.45, 7) is 3.29. The topological polar surface area (TPSA) is 57.0 Å². The largest absolute Gasteiger partial charge is 0.497 e. The SMILES string of the molecule is COc1ccc(CN2CCC(CCc3noc4c(OC)c(OC)ccc34)CC2)cc1. The van der Waals surface area contributed by atoms with Gasteiger partial charge in [-0.3, -0.25) is 4.90 Å². The molecule has 0 amide bonds. The minimum Gasteiger partial charge on any atom is -0.497 e. The van der Waals surface area contributed by atoms with Gasteiger partial charge in [-0.15, -0.1) is 0 Å². The lowest BCUT2D eigenvalue weighted by molar-refractivity contribution is 0.172. The van der Waals surface area contributed by atoms with Gasteiger partial charge in [0, 0.05) is 11.9 Å². The molecule has 4 rings (SSSR count). The predicted molar refractivity (Wildman–Crippen MR) is 116 cm³/mol. The number of nitrogens with zero attached hydrogens (tertiary/aromatic N) is 2. The highest BCUT2D eigenvalue weighted by Crippen LogP contribution is 2.37. The van der Waals surface area contributed by atoms with E-state index in [4.69, 9.17) is 18.7 Å². The molecule has 0 unspecified atom stereocenters. The monoisotopic (exact) mass is 410 g/mol. The van der Waals surface area contributed by atoms with Crippen molar-refractivity contribution in [2.45, 2.75) is 32.2 Å². The Morgan fingerprint density at radius 2 is 1.73 bits per heavy atom. The summed E-state index contributed by atoms with van der Waals surface area (Å²) in [5.74, 6) is 2.91. The standard InChI is InChI=1S/C24H30N2O4/c1-27-19-7-4-18(5-8-19)16-26-14-12-17(13-15-26)6-10-21-20-9-11-22(28-2)24(29-3)23(20)30-25-21/h4-5,7-9,11,17H,6,10,12-16H2,1-3H3. The molecule has 30 heavy (non-hydrogen) atoms. The van der Waals surface area contributed by atoms with Gasteiger partial charge >= 0.3 is 0 Å². The van der Waals surface area contributed by atoms with Gasteiger partial charge in [0.25, 0.3) is 0 Å². The zero-order valence-electron chi connectivity index (χ0n) is 18.0. The van der Waals surface area contributed by atoms with E-state index in [-0.39, 0.29) is 0 Å². The average Bonchev–Trinajstić information content (AvgIpc) is 3.21. The van der Waals surface area contributed by atoms with Gasteiger partial charge in [0.15, 0.2) is 5.75 Å². The zero-order valence-corrected chi connectivity index (χ0v) is 18.0. The second-order valence-corrected chi connectivity index (χ2v) is 7.91. The lowest BCUT2D eigenvalue weighted by Gasteiger charge is -2.32. The third-order valence-electron chi connectivity index (χ3n) is 6.12. The number of fused-ring (bicyclic) bond motifs is 1. The average molecular weight is 411 g/mol. The Kier molecular flexibility index (Phi) is 6.43. The molecule has 0 aliphatic carbocycles. The van der Waals surface area contributed by atoms with E-state index >= 15 is 0 Å². The van der Waals surface area contributed by atoms with E-state index in [1.165, 1.54) is 18.4 Å². The first kappa shape index (κ1) is 20.5. The Hall–Kier alpha value is -2.73. The maximum Gasteiger partial charge on any atom is 0.212 e. The van der Waals surface area contributed by atoms with Gasteiger partial charge in [-0.1, -0.05) is 17.3 Å². The maximum absolute atomic E-state index is 5.58. The Morgan fingerprint density at radius 3 is 2.40 bits per heavy atom. The second kappa shape index (κ2) is 9.39. The van der Waals surface area contributed by atoms with Crippen LogP contribution in [-0.2, 0) is 13.0 Å². The van der Waals surface area contributed by atoms with Crippen LogP contribution in [-0.4, -0.2) is 44.5 Å². The van der Waals surface area contributed by atoms with Crippen LogP contribution in [0, 0.1) is 5.92 Å². The summed E-state index contributed by atoms with van der Waals surface area (Å²) < 4.78 is 21.6. The zero-order chi connectivity index (χ0) is 20.9. The molecule has 160 valence electrons. The van der Waals surface area contributed by atoms with Gasteiger partial charge in [-0.2, -0.15) is 0 Å². The molecule has 0 spiro atoms. The summed E-state index contributed by atoms with van der Waals surface area (Å²) >= 11 is 0. The smallest absolute Gasteiger partial charge is 0.212 e. The number of hydrogen-bond donors (Lipinski definition) is 0. The normalized spacial score (nSPS) is 15.4. The van der Waals surface area contributed by atoms with Gasteiger partial charge in [0.2, 0.25) is 11.3 Å². The highest BCUT2D eigenvalue weighted by atomic mass is 16.5. The molecular weight excluding hydrogens is 380 g/mol. The van der Waals surface area contributed by atoms with Crippen molar-refractivity contribution in [1.82, 2.24) is 10.1 Å². The van der Waals surface area contributed by atoms with Crippen LogP contribution in [0.1, 0.15) is 30.5 Å². The molecule has 3 aromatic rings. The number of benzene rings is 2. The lowest BCUT2D eigenvalue weighted by Crippen LogP contribution is -2.33. The number of methoxy groups -OCH3 is 3. The Balaban J connectivity index is 1.30. The van der Waals surface area contributed by atoms with E-state index in [0.717, 1.165) is 55.2 Å². The summed E-state index contributed by atoms with van der Waals surface area (Å²) in [4.78, 5) is 2.54. The van der Waals surface area contributed by atoms with E-state index in [2.05, 4.69) is 22.2 Å². The molecule has 1 fully saturated rings. The summed E-state index contributed by atoms with van der Waals surface area (Å²) in [5.41, 5.74) is 3.01. The molecule has 1 aliphatic rings. The molecule has 0 saturated carbocycles. The van der Waals surface area contributed by atoms with Crippen LogP contribution >= 0.6 is 0 Å². The fourth-order valence-electron chi connectivity index (χ4n) is 4.31. The van der Waals surface area contributed by atoms with Crippen molar-refractivity contribution in [1.29, 1.82) is 0 Å². The van der Waals surface area contributed by atoms with Crippen molar-refractivity contribution in [3.63, 3.8) is 0 Å². The van der Waals surface area contributed by atoms with E-state index in [9.17, 15) is 0 Å². The van der Waals surface area contributed by atoms with Crippen molar-refractivity contribution in [3.8, 4) is 17.2 Å². The van der Waals surface area contributed by atoms with E-state index in [1.807, 2.05) is 24.3 Å². The Bertz CT molecular complexity index is 959. The van der Waals surface area contributed by atoms with Crippen LogP contribution < -0.4 is 14.2 Å². The Morgan fingerprint density at radius 1 is 0.967 bits per heavy atom. The highest BCUT2D eigenvalue weighted by molar-refractivity contribution is 5.87. The number of piperidine rings is 1. The highest BCUT2D eigenvalue weighted by Gasteiger charge is 2.21. The van der Waals surface area contributed by atoms with Crippen molar-refractivity contribution >= 4 is 11.0 Å². The molecule has 2 aromatic carbocycles. The summed E-state index contributed by atoms with van der Waals surface area (Å²) in [6.07, 6.45) is 4.50. The molecule has 2 heterocycles. The van der Waals surface area contributed by atoms with Crippen LogP contribution in [0.15, 0.2) is 40.9 Å². The van der Waals surface area contributed by atoms with Gasteiger partial charge in [0.05, 0.1) is 27.0 Å². The fourth-order valence-corrected chi connectivity index (χ4v) is 4.31. The third kappa shape index (κ3) is 4.38. The third-order valence-corrected chi connectivity index (χ3v) is 6.12. The van der Waals surface area contributed by atoms with E-state index < -0.39 is 0 Å². The molecule has 1 saturated heterocycles. The van der Waals surface area contributed by atoms with E-state index in [1.54, 1.807) is 21.3 Å². The quantitative estimate of drug-likeness (QED) is 0.537. The van der Waals surface area contributed by atoms with Crippen LogP contribution in [0.2, 0.25) is 0 Å². The molecule has 6 heteroatoms. The van der Waals surface area contributed by atoms with Crippen LogP contribution in [0.25, 0.3) is 11.0 Å². The molecule has 6 nitrogen and oxygen atoms in total. The number of ether oxygens (including phenoxy) is 3. The van der Waals surface area contributed by atoms with Crippen molar-refractivity contribution in [2.75, 3.05) is 34.4 Å². The number of aryl methyl sites for hydroxylation is 1. The van der Waals surface area contributed by atoms with Crippen molar-refractivity contribution in [3.05, 3.63) is 47.7 Å². The molecule has 1 aliphatic heterocycles. The first-order chi connectivity index (χ1) is 14.7. The fraction of sp³-hybridized carbons (Fsp3) is 0.458. The predicted octanol–water partition coefficient (Wildman–Crippen LogP) is 4.70.